The molecule has 1 fully saturated rings. The van der Waals surface area contributed by atoms with Gasteiger partial charge in [-0.15, -0.1) is 0 Å². The second-order valence-corrected chi connectivity index (χ2v) is 4.15. The minimum absolute atomic E-state index is 0.189. The van der Waals surface area contributed by atoms with Crippen molar-refractivity contribution in [2.75, 3.05) is 6.80 Å². The molecule has 1 aromatic rings. The Bertz CT molecular complexity index is 347. The highest BCUT2D eigenvalue weighted by Gasteiger charge is 2.32. The lowest BCUT2D eigenvalue weighted by atomic mass is 10.1. The molecule has 1 aromatic carbocycles. The molecular weight excluding hydrogens is 215 g/mol. The van der Waals surface area contributed by atoms with Gasteiger partial charge in [0.1, 0.15) is 6.04 Å². The van der Waals surface area contributed by atoms with Crippen LogP contribution in [0.25, 0.3) is 0 Å². The third kappa shape index (κ3) is 2.30. The van der Waals surface area contributed by atoms with Crippen molar-refractivity contribution in [2.24, 2.45) is 0 Å². The van der Waals surface area contributed by atoms with Gasteiger partial charge < -0.3 is 0 Å². The van der Waals surface area contributed by atoms with E-state index in [-0.39, 0.29) is 11.9 Å². The lowest BCUT2D eigenvalue weighted by Crippen LogP contribution is -2.31. The van der Waals surface area contributed by atoms with Crippen LogP contribution in [0.4, 0.5) is 4.39 Å². The minimum atomic E-state index is -0.748. The third-order valence-electron chi connectivity index (χ3n) is 2.24. The number of nitrogens with one attached hydrogen (secondary N) is 1. The number of carbonyl (C=O) groups is 1. The Morgan fingerprint density at radius 1 is 1.40 bits per heavy atom. The quantitative estimate of drug-likeness (QED) is 0.626. The lowest BCUT2D eigenvalue weighted by molar-refractivity contribution is -0.127. The van der Waals surface area contributed by atoms with E-state index in [9.17, 15) is 9.18 Å². The molecule has 2 rings (SSSR count). The zero-order valence-electron chi connectivity index (χ0n) is 8.02. The molecule has 1 aliphatic heterocycles. The van der Waals surface area contributed by atoms with Gasteiger partial charge in [0.25, 0.3) is 5.91 Å². The topological polar surface area (TPSA) is 32.3 Å². The first kappa shape index (κ1) is 10.4. The Balaban J connectivity index is 2.00. The summed E-state index contributed by atoms with van der Waals surface area (Å²) in [5.41, 5.74) is 1.07. The van der Waals surface area contributed by atoms with Crippen molar-refractivity contribution in [3.8, 4) is 0 Å². The molecule has 1 atom stereocenters. The Kier molecular flexibility index (Phi) is 3.23. The Hall–Kier alpha value is -1.07. The average molecular weight is 226 g/mol. The second kappa shape index (κ2) is 4.63. The summed E-state index contributed by atoms with van der Waals surface area (Å²) in [6.07, 6.45) is 0.600. The van der Waals surface area contributed by atoms with Gasteiger partial charge in [-0.2, -0.15) is 0 Å². The van der Waals surface area contributed by atoms with Crippen molar-refractivity contribution in [1.82, 2.24) is 9.03 Å². The number of alkyl halides is 1. The van der Waals surface area contributed by atoms with E-state index in [0.29, 0.717) is 6.42 Å². The first-order chi connectivity index (χ1) is 7.31. The molecule has 1 heterocycles. The van der Waals surface area contributed by atoms with Crippen LogP contribution in [-0.4, -0.2) is 23.1 Å². The highest BCUT2D eigenvalue weighted by Crippen LogP contribution is 2.20. The number of halogens is 1. The van der Waals surface area contributed by atoms with E-state index in [1.165, 1.54) is 0 Å². The van der Waals surface area contributed by atoms with E-state index in [1.807, 2.05) is 30.3 Å². The van der Waals surface area contributed by atoms with Crippen molar-refractivity contribution < 1.29 is 9.18 Å². The van der Waals surface area contributed by atoms with E-state index in [1.54, 1.807) is 0 Å². The molecular formula is C10H11FN2OS. The van der Waals surface area contributed by atoms with Crippen LogP contribution in [0.3, 0.4) is 0 Å². The average Bonchev–Trinajstić information content (AvgIpc) is 2.62. The monoisotopic (exact) mass is 226 g/mol. The molecule has 0 radical (unpaired) electrons. The standard InChI is InChI=1S/C10H11FN2OS/c11-7-13-10(14)9(12-15-13)6-8-4-2-1-3-5-8/h1-5,9,12H,6-7H2. The maximum atomic E-state index is 12.3. The fourth-order valence-corrected chi connectivity index (χ4v) is 2.16. The van der Waals surface area contributed by atoms with Crippen molar-refractivity contribution in [3.63, 3.8) is 0 Å². The molecule has 0 aliphatic carbocycles. The predicted octanol–water partition coefficient (Wildman–Crippen LogP) is 1.52. The van der Waals surface area contributed by atoms with Gasteiger partial charge in [0, 0.05) is 12.1 Å². The smallest absolute Gasteiger partial charge is 0.254 e. The van der Waals surface area contributed by atoms with Gasteiger partial charge in [0.05, 0.1) is 0 Å². The van der Waals surface area contributed by atoms with Crippen LogP contribution < -0.4 is 4.72 Å². The van der Waals surface area contributed by atoms with Crippen molar-refractivity contribution in [2.45, 2.75) is 12.5 Å². The molecule has 3 nitrogen and oxygen atoms in total. The van der Waals surface area contributed by atoms with Gasteiger partial charge in [-0.1, -0.05) is 30.3 Å². The van der Waals surface area contributed by atoms with E-state index in [2.05, 4.69) is 4.72 Å². The number of hydrogen-bond acceptors (Lipinski definition) is 3. The number of nitrogens with zero attached hydrogens (tertiary/aromatic N) is 1. The van der Waals surface area contributed by atoms with E-state index in [0.717, 1.165) is 22.0 Å². The molecule has 1 N–H and O–H groups in total. The van der Waals surface area contributed by atoms with Crippen molar-refractivity contribution >= 4 is 18.0 Å². The van der Waals surface area contributed by atoms with Crippen LogP contribution in [0.15, 0.2) is 30.3 Å². The first-order valence-electron chi connectivity index (χ1n) is 4.65. The van der Waals surface area contributed by atoms with Crippen LogP contribution in [0, 0.1) is 0 Å². The summed E-state index contributed by atoms with van der Waals surface area (Å²) in [4.78, 5) is 11.5. The highest BCUT2D eigenvalue weighted by atomic mass is 32.2. The van der Waals surface area contributed by atoms with Crippen LogP contribution in [0.5, 0.6) is 0 Å². The Morgan fingerprint density at radius 2 is 2.13 bits per heavy atom. The van der Waals surface area contributed by atoms with Gasteiger partial charge in [0.15, 0.2) is 6.80 Å². The van der Waals surface area contributed by atoms with Crippen molar-refractivity contribution in [1.29, 1.82) is 0 Å². The maximum absolute atomic E-state index is 12.3. The SMILES string of the molecule is O=C1C(Cc2ccccc2)NSN1CF. The molecule has 0 aromatic heterocycles. The fraction of sp³-hybridized carbons (Fsp3) is 0.300. The minimum Gasteiger partial charge on any atom is -0.272 e. The molecule has 1 saturated heterocycles. The Labute approximate surface area is 91.9 Å². The number of hydrogen-bond donors (Lipinski definition) is 1. The largest absolute Gasteiger partial charge is 0.272 e. The van der Waals surface area contributed by atoms with Crippen LogP contribution in [0.1, 0.15) is 5.56 Å². The number of amides is 1. The van der Waals surface area contributed by atoms with Crippen LogP contribution >= 0.6 is 12.1 Å². The molecule has 5 heteroatoms. The third-order valence-corrected chi connectivity index (χ3v) is 3.13. The van der Waals surface area contributed by atoms with Gasteiger partial charge in [-0.05, 0) is 12.0 Å². The van der Waals surface area contributed by atoms with Gasteiger partial charge in [0.2, 0.25) is 0 Å². The zero-order valence-corrected chi connectivity index (χ0v) is 8.84. The van der Waals surface area contributed by atoms with E-state index < -0.39 is 6.80 Å². The second-order valence-electron chi connectivity index (χ2n) is 3.29. The predicted molar refractivity (Wildman–Crippen MR) is 57.5 cm³/mol. The fourth-order valence-electron chi connectivity index (χ4n) is 1.46. The summed E-state index contributed by atoms with van der Waals surface area (Å²) in [5, 5.41) is 0. The van der Waals surface area contributed by atoms with Crippen molar-refractivity contribution in [3.05, 3.63) is 35.9 Å². The molecule has 0 saturated carbocycles. The summed E-state index contributed by atoms with van der Waals surface area (Å²) in [5.74, 6) is -0.189. The summed E-state index contributed by atoms with van der Waals surface area (Å²) < 4.78 is 16.3. The summed E-state index contributed by atoms with van der Waals surface area (Å²) in [6, 6.07) is 9.38. The molecule has 80 valence electrons. The number of carbonyl (C=O) groups excluding carboxylic acids is 1. The molecule has 1 amide bonds. The number of rotatable bonds is 3. The number of benzene rings is 1. The Morgan fingerprint density at radius 3 is 2.73 bits per heavy atom. The van der Waals surface area contributed by atoms with Gasteiger partial charge in [-0.3, -0.25) is 4.79 Å². The molecule has 0 bridgehead atoms. The maximum Gasteiger partial charge on any atom is 0.254 e. The molecule has 1 unspecified atom stereocenters. The lowest BCUT2D eigenvalue weighted by Gasteiger charge is -2.08. The molecule has 15 heavy (non-hydrogen) atoms. The molecule has 1 aliphatic rings. The zero-order chi connectivity index (χ0) is 10.7. The summed E-state index contributed by atoms with van der Waals surface area (Å²) in [6.45, 7) is -0.748. The van der Waals surface area contributed by atoms with Crippen LogP contribution in [0.2, 0.25) is 0 Å². The first-order valence-corrected chi connectivity index (χ1v) is 5.42. The van der Waals surface area contributed by atoms with Crippen LogP contribution in [-0.2, 0) is 11.2 Å². The highest BCUT2D eigenvalue weighted by molar-refractivity contribution is 7.96. The van der Waals surface area contributed by atoms with Gasteiger partial charge >= 0.3 is 0 Å². The summed E-state index contributed by atoms with van der Waals surface area (Å²) in [7, 11) is 0. The normalized spacial score (nSPS) is 21.0. The van der Waals surface area contributed by atoms with E-state index in [4.69, 9.17) is 0 Å². The van der Waals surface area contributed by atoms with Gasteiger partial charge in [-0.25, -0.2) is 13.4 Å². The molecule has 0 spiro atoms. The summed E-state index contributed by atoms with van der Waals surface area (Å²) >= 11 is 1.04. The van der Waals surface area contributed by atoms with E-state index >= 15 is 0 Å².